The molecule has 0 aromatic carbocycles. The molecular weight excluding hydrogens is 388 g/mol. The number of piperidine rings is 1. The van der Waals surface area contributed by atoms with Crippen LogP contribution in [0, 0.1) is 10.8 Å². The van der Waals surface area contributed by atoms with Crippen molar-refractivity contribution in [3.05, 3.63) is 22.4 Å². The maximum absolute atomic E-state index is 13.5. The van der Waals surface area contributed by atoms with Crippen molar-refractivity contribution in [1.29, 1.82) is 0 Å². The Labute approximate surface area is 176 Å². The summed E-state index contributed by atoms with van der Waals surface area (Å²) in [5.41, 5.74) is -0.751. The number of hydrogen-bond acceptors (Lipinski definition) is 4. The third-order valence-corrected chi connectivity index (χ3v) is 8.11. The van der Waals surface area contributed by atoms with E-state index in [2.05, 4.69) is 0 Å². The summed E-state index contributed by atoms with van der Waals surface area (Å²) in [5, 5.41) is 1.92. The first-order valence-electron chi connectivity index (χ1n) is 10.4. The highest BCUT2D eigenvalue weighted by atomic mass is 32.1. The topological polar surface area (TPSA) is 64.2 Å². The standard InChI is InChI=1S/C21H30N4O3S/c1-4-23-12-9-21(18(23)27)15-25(19(28)22(2)3)14-20(21)7-10-24(11-8-20)17(26)16-6-5-13-29-16/h5-6,13H,4,7-12,14-15H2,1-3H3. The zero-order valence-electron chi connectivity index (χ0n) is 17.5. The van der Waals surface area contributed by atoms with Crippen molar-refractivity contribution >= 4 is 29.2 Å². The second kappa shape index (κ2) is 7.31. The molecule has 158 valence electrons. The minimum atomic E-state index is -0.507. The highest BCUT2D eigenvalue weighted by Crippen LogP contribution is 2.58. The SMILES string of the molecule is CCN1CCC2(CN(C(=O)N(C)C)CC23CCN(C(=O)c2cccs2)CC3)C1=O. The summed E-state index contributed by atoms with van der Waals surface area (Å²) in [6.45, 7) is 5.88. The number of hydrogen-bond donors (Lipinski definition) is 0. The fourth-order valence-corrected chi connectivity index (χ4v) is 6.28. The van der Waals surface area contributed by atoms with Crippen LogP contribution in [0.1, 0.15) is 35.9 Å². The van der Waals surface area contributed by atoms with E-state index in [4.69, 9.17) is 0 Å². The van der Waals surface area contributed by atoms with E-state index >= 15 is 0 Å². The van der Waals surface area contributed by atoms with Gasteiger partial charge in [-0.25, -0.2) is 4.79 Å². The number of urea groups is 1. The first-order valence-corrected chi connectivity index (χ1v) is 11.3. The number of carbonyl (C=O) groups is 3. The van der Waals surface area contributed by atoms with Gasteiger partial charge in [-0.1, -0.05) is 6.07 Å². The number of nitrogens with zero attached hydrogens (tertiary/aromatic N) is 4. The lowest BCUT2D eigenvalue weighted by Gasteiger charge is -2.46. The third kappa shape index (κ3) is 3.03. The first kappa shape index (κ1) is 20.2. The van der Waals surface area contributed by atoms with Crippen LogP contribution in [0.3, 0.4) is 0 Å². The molecule has 0 N–H and O–H groups in total. The maximum Gasteiger partial charge on any atom is 0.319 e. The summed E-state index contributed by atoms with van der Waals surface area (Å²) in [4.78, 5) is 47.1. The largest absolute Gasteiger partial charge is 0.342 e. The number of fused-ring (bicyclic) bond motifs is 1. The Balaban J connectivity index is 1.59. The molecule has 29 heavy (non-hydrogen) atoms. The van der Waals surface area contributed by atoms with Crippen LogP contribution in [0.4, 0.5) is 4.79 Å². The van der Waals surface area contributed by atoms with Gasteiger partial charge in [0.1, 0.15) is 0 Å². The molecule has 2 spiro atoms. The van der Waals surface area contributed by atoms with E-state index in [-0.39, 0.29) is 23.3 Å². The number of carbonyl (C=O) groups excluding carboxylic acids is 3. The van der Waals surface area contributed by atoms with Crippen LogP contribution in [0.15, 0.2) is 17.5 Å². The zero-order chi connectivity index (χ0) is 20.8. The smallest absolute Gasteiger partial charge is 0.319 e. The van der Waals surface area contributed by atoms with E-state index < -0.39 is 5.41 Å². The Morgan fingerprint density at radius 2 is 1.83 bits per heavy atom. The van der Waals surface area contributed by atoms with Crippen LogP contribution in [0.25, 0.3) is 0 Å². The molecule has 4 rings (SSSR count). The van der Waals surface area contributed by atoms with Crippen LogP contribution < -0.4 is 0 Å². The van der Waals surface area contributed by atoms with Gasteiger partial charge < -0.3 is 19.6 Å². The second-order valence-corrected chi connectivity index (χ2v) is 9.75. The molecule has 3 saturated heterocycles. The molecule has 4 amide bonds. The summed E-state index contributed by atoms with van der Waals surface area (Å²) in [6.07, 6.45) is 2.34. The van der Waals surface area contributed by atoms with Crippen LogP contribution in [0.2, 0.25) is 0 Å². The van der Waals surface area contributed by atoms with E-state index in [9.17, 15) is 14.4 Å². The molecule has 0 bridgehead atoms. The van der Waals surface area contributed by atoms with Gasteiger partial charge in [-0.2, -0.15) is 0 Å². The molecule has 7 nitrogen and oxygen atoms in total. The molecular formula is C21H30N4O3S. The molecule has 1 atom stereocenters. The van der Waals surface area contributed by atoms with E-state index in [1.807, 2.05) is 39.1 Å². The predicted octanol–water partition coefficient (Wildman–Crippen LogP) is 2.21. The van der Waals surface area contributed by atoms with Gasteiger partial charge in [-0.3, -0.25) is 9.59 Å². The molecule has 3 aliphatic rings. The fraction of sp³-hybridized carbons (Fsp3) is 0.667. The average Bonchev–Trinajstić information content (AvgIpc) is 3.42. The van der Waals surface area contributed by atoms with Crippen LogP contribution in [-0.4, -0.2) is 90.8 Å². The lowest BCUT2D eigenvalue weighted by atomic mass is 9.60. The zero-order valence-corrected chi connectivity index (χ0v) is 18.3. The van der Waals surface area contributed by atoms with E-state index in [0.717, 1.165) is 30.7 Å². The highest BCUT2D eigenvalue weighted by molar-refractivity contribution is 7.12. The first-order chi connectivity index (χ1) is 13.8. The second-order valence-electron chi connectivity index (χ2n) is 8.80. The van der Waals surface area contributed by atoms with Crippen molar-refractivity contribution in [2.24, 2.45) is 10.8 Å². The van der Waals surface area contributed by atoms with Gasteiger partial charge in [-0.05, 0) is 37.6 Å². The number of thiophene rings is 1. The van der Waals surface area contributed by atoms with Gasteiger partial charge in [0, 0.05) is 58.8 Å². The van der Waals surface area contributed by atoms with Gasteiger partial charge in [0.15, 0.2) is 0 Å². The minimum absolute atomic E-state index is 0.0268. The Morgan fingerprint density at radius 3 is 2.38 bits per heavy atom. The monoisotopic (exact) mass is 418 g/mol. The Morgan fingerprint density at radius 1 is 1.10 bits per heavy atom. The summed E-state index contributed by atoms with van der Waals surface area (Å²) < 4.78 is 0. The molecule has 0 aliphatic carbocycles. The highest BCUT2D eigenvalue weighted by Gasteiger charge is 2.66. The number of likely N-dealkylation sites (tertiary alicyclic amines) is 3. The summed E-state index contributed by atoms with van der Waals surface area (Å²) in [7, 11) is 3.52. The molecule has 8 heteroatoms. The molecule has 4 heterocycles. The van der Waals surface area contributed by atoms with Crippen LogP contribution in [-0.2, 0) is 4.79 Å². The molecule has 3 fully saturated rings. The van der Waals surface area contributed by atoms with Gasteiger partial charge in [0.25, 0.3) is 5.91 Å². The lowest BCUT2D eigenvalue weighted by molar-refractivity contribution is -0.141. The lowest BCUT2D eigenvalue weighted by Crippen LogP contribution is -2.53. The summed E-state index contributed by atoms with van der Waals surface area (Å²) in [6, 6.07) is 3.74. The average molecular weight is 419 g/mol. The predicted molar refractivity (Wildman–Crippen MR) is 112 cm³/mol. The molecule has 1 aromatic rings. The van der Waals surface area contributed by atoms with Crippen LogP contribution in [0.5, 0.6) is 0 Å². The fourth-order valence-electron chi connectivity index (χ4n) is 5.59. The van der Waals surface area contributed by atoms with Crippen molar-refractivity contribution in [2.75, 3.05) is 53.4 Å². The molecule has 0 radical (unpaired) electrons. The minimum Gasteiger partial charge on any atom is -0.342 e. The Kier molecular flexibility index (Phi) is 5.09. The normalized spacial score (nSPS) is 26.0. The molecule has 3 aliphatic heterocycles. The van der Waals surface area contributed by atoms with Gasteiger partial charge in [0.2, 0.25) is 5.91 Å². The van der Waals surface area contributed by atoms with E-state index in [0.29, 0.717) is 32.7 Å². The van der Waals surface area contributed by atoms with Crippen molar-refractivity contribution in [3.63, 3.8) is 0 Å². The number of amides is 4. The van der Waals surface area contributed by atoms with Gasteiger partial charge in [0.05, 0.1) is 10.3 Å². The summed E-state index contributed by atoms with van der Waals surface area (Å²) in [5.74, 6) is 0.281. The number of rotatable bonds is 2. The van der Waals surface area contributed by atoms with Crippen molar-refractivity contribution in [2.45, 2.75) is 26.2 Å². The Hall–Kier alpha value is -2.09. The van der Waals surface area contributed by atoms with Crippen molar-refractivity contribution in [1.82, 2.24) is 19.6 Å². The summed E-state index contributed by atoms with van der Waals surface area (Å²) >= 11 is 1.47. The quantitative estimate of drug-likeness (QED) is 0.740. The van der Waals surface area contributed by atoms with Gasteiger partial charge in [-0.15, -0.1) is 11.3 Å². The van der Waals surface area contributed by atoms with Crippen LogP contribution >= 0.6 is 11.3 Å². The maximum atomic E-state index is 13.5. The molecule has 1 aromatic heterocycles. The molecule has 0 saturated carbocycles. The van der Waals surface area contributed by atoms with Crippen molar-refractivity contribution in [3.8, 4) is 0 Å². The van der Waals surface area contributed by atoms with E-state index in [1.165, 1.54) is 11.3 Å². The Bertz CT molecular complexity index is 801. The van der Waals surface area contributed by atoms with E-state index in [1.54, 1.807) is 19.0 Å². The molecule has 1 unspecified atom stereocenters. The van der Waals surface area contributed by atoms with Crippen molar-refractivity contribution < 1.29 is 14.4 Å². The third-order valence-electron chi connectivity index (χ3n) is 7.25. The van der Waals surface area contributed by atoms with Gasteiger partial charge >= 0.3 is 6.03 Å².